The largest absolute Gasteiger partial charge is 0.456 e. The zero-order valence-corrected chi connectivity index (χ0v) is 25.0. The van der Waals surface area contributed by atoms with Crippen molar-refractivity contribution in [2.75, 3.05) is 0 Å². The summed E-state index contributed by atoms with van der Waals surface area (Å²) in [5.41, 5.74) is 10.1. The first-order valence-corrected chi connectivity index (χ1v) is 16.1. The van der Waals surface area contributed by atoms with Gasteiger partial charge in [0.25, 0.3) is 0 Å². The van der Waals surface area contributed by atoms with Crippen LogP contribution in [0.3, 0.4) is 0 Å². The molecule has 0 N–H and O–H groups in total. The molecule has 210 valence electrons. The first-order valence-electron chi connectivity index (χ1n) is 15.3. The van der Waals surface area contributed by atoms with Crippen molar-refractivity contribution in [3.63, 3.8) is 0 Å². The van der Waals surface area contributed by atoms with E-state index in [1.165, 1.54) is 64.2 Å². The molecule has 0 amide bonds. The highest BCUT2D eigenvalue weighted by Gasteiger charge is 2.17. The highest BCUT2D eigenvalue weighted by molar-refractivity contribution is 7.25. The fourth-order valence-electron chi connectivity index (χ4n) is 7.15. The maximum Gasteiger partial charge on any atom is 0.137 e. The van der Waals surface area contributed by atoms with Gasteiger partial charge in [-0.05, 0) is 76.9 Å². The van der Waals surface area contributed by atoms with Gasteiger partial charge in [-0.1, -0.05) is 91.0 Å². The highest BCUT2D eigenvalue weighted by atomic mass is 32.1. The van der Waals surface area contributed by atoms with Gasteiger partial charge in [0.05, 0.1) is 11.0 Å². The van der Waals surface area contributed by atoms with Crippen LogP contribution in [0.5, 0.6) is 0 Å². The molecular formula is C42H25NOS. The summed E-state index contributed by atoms with van der Waals surface area (Å²) in [7, 11) is 0. The molecule has 7 aromatic carbocycles. The normalized spacial score (nSPS) is 12.0. The Hall–Kier alpha value is -5.64. The van der Waals surface area contributed by atoms with Crippen LogP contribution >= 0.6 is 11.3 Å². The van der Waals surface area contributed by atoms with E-state index in [1.807, 2.05) is 11.3 Å². The molecule has 0 atom stereocenters. The van der Waals surface area contributed by atoms with Crippen molar-refractivity contribution in [3.05, 3.63) is 152 Å². The van der Waals surface area contributed by atoms with Gasteiger partial charge in [0.15, 0.2) is 0 Å². The Bertz CT molecular complexity index is 2760. The lowest BCUT2D eigenvalue weighted by atomic mass is 9.98. The second-order valence-corrected chi connectivity index (χ2v) is 12.8. The van der Waals surface area contributed by atoms with Crippen LogP contribution in [0.25, 0.3) is 91.9 Å². The molecule has 0 unspecified atom stereocenters. The number of hydrogen-bond donors (Lipinski definition) is 0. The number of furan rings is 1. The number of para-hydroxylation sites is 1. The molecule has 3 heteroatoms. The van der Waals surface area contributed by atoms with Crippen LogP contribution in [0, 0.1) is 0 Å². The third-order valence-electron chi connectivity index (χ3n) is 9.21. The molecule has 10 aromatic rings. The number of thiophene rings is 1. The Morgan fingerprint density at radius 1 is 0.422 bits per heavy atom. The van der Waals surface area contributed by atoms with Crippen LogP contribution in [0.15, 0.2) is 156 Å². The van der Waals surface area contributed by atoms with Crippen LogP contribution in [0.2, 0.25) is 0 Å². The van der Waals surface area contributed by atoms with Crippen LogP contribution in [-0.2, 0) is 0 Å². The molecule has 0 bridgehead atoms. The van der Waals surface area contributed by atoms with Crippen LogP contribution < -0.4 is 0 Å². The minimum atomic E-state index is 0.894. The summed E-state index contributed by atoms with van der Waals surface area (Å²) >= 11 is 1.85. The van der Waals surface area contributed by atoms with E-state index in [0.717, 1.165) is 27.6 Å². The fraction of sp³-hybridized carbons (Fsp3) is 0. The van der Waals surface area contributed by atoms with Gasteiger partial charge in [0, 0.05) is 53.5 Å². The summed E-state index contributed by atoms with van der Waals surface area (Å²) in [6.45, 7) is 0. The Labute approximate surface area is 263 Å². The molecule has 0 saturated carbocycles. The van der Waals surface area contributed by atoms with Crippen molar-refractivity contribution in [1.29, 1.82) is 0 Å². The standard InChI is InChI=1S/C42H25NOS/c1-2-9-26(10-3-1)27-18-22-37-35(23-27)31-11-4-6-14-36(31)43(37)29-19-21-33-32-20-17-28(24-38(32)44-39(33)25-29)30-13-8-16-41-42(30)34-12-5-7-15-40(34)45-41/h1-25H. The van der Waals surface area contributed by atoms with Crippen molar-refractivity contribution in [2.24, 2.45) is 0 Å². The number of aromatic nitrogens is 1. The lowest BCUT2D eigenvalue weighted by Gasteiger charge is -2.08. The highest BCUT2D eigenvalue weighted by Crippen LogP contribution is 2.42. The number of fused-ring (bicyclic) bond motifs is 9. The first-order chi connectivity index (χ1) is 22.3. The SMILES string of the molecule is c1ccc(-c2ccc3c(c2)c2ccccc2n3-c2ccc3c(c2)oc2cc(-c4cccc5sc6ccccc6c45)ccc23)cc1. The molecule has 3 heterocycles. The lowest BCUT2D eigenvalue weighted by Crippen LogP contribution is -1.93. The van der Waals surface area contributed by atoms with Gasteiger partial charge in [-0.15, -0.1) is 11.3 Å². The third kappa shape index (κ3) is 3.68. The molecule has 0 radical (unpaired) electrons. The molecule has 0 aliphatic rings. The maximum atomic E-state index is 6.62. The van der Waals surface area contributed by atoms with Gasteiger partial charge in [0.1, 0.15) is 11.2 Å². The van der Waals surface area contributed by atoms with E-state index in [9.17, 15) is 0 Å². The van der Waals surface area contributed by atoms with Gasteiger partial charge < -0.3 is 8.98 Å². The Morgan fingerprint density at radius 3 is 2.04 bits per heavy atom. The van der Waals surface area contributed by atoms with Crippen molar-refractivity contribution >= 4 is 75.3 Å². The van der Waals surface area contributed by atoms with Crippen molar-refractivity contribution in [2.45, 2.75) is 0 Å². The van der Waals surface area contributed by atoms with Gasteiger partial charge in [-0.3, -0.25) is 0 Å². The Balaban J connectivity index is 1.14. The maximum absolute atomic E-state index is 6.62. The van der Waals surface area contributed by atoms with Gasteiger partial charge in [-0.2, -0.15) is 0 Å². The third-order valence-corrected chi connectivity index (χ3v) is 10.3. The summed E-state index contributed by atoms with van der Waals surface area (Å²) in [5.74, 6) is 0. The summed E-state index contributed by atoms with van der Waals surface area (Å²) in [5, 5.41) is 7.39. The van der Waals surface area contributed by atoms with Crippen molar-refractivity contribution < 1.29 is 4.42 Å². The second kappa shape index (κ2) is 9.43. The van der Waals surface area contributed by atoms with Crippen molar-refractivity contribution in [3.8, 4) is 27.9 Å². The fourth-order valence-corrected chi connectivity index (χ4v) is 8.28. The van der Waals surface area contributed by atoms with Crippen LogP contribution in [0.1, 0.15) is 0 Å². The predicted molar refractivity (Wildman–Crippen MR) is 192 cm³/mol. The molecule has 10 rings (SSSR count). The quantitative estimate of drug-likeness (QED) is 0.200. The topological polar surface area (TPSA) is 18.1 Å². The van der Waals surface area contributed by atoms with Gasteiger partial charge >= 0.3 is 0 Å². The number of benzene rings is 7. The average Bonchev–Trinajstić information content (AvgIpc) is 3.77. The molecule has 3 aromatic heterocycles. The molecule has 45 heavy (non-hydrogen) atoms. The summed E-state index contributed by atoms with van der Waals surface area (Å²) in [6.07, 6.45) is 0. The summed E-state index contributed by atoms with van der Waals surface area (Å²) in [4.78, 5) is 0. The summed E-state index contributed by atoms with van der Waals surface area (Å²) < 4.78 is 11.6. The van der Waals surface area contributed by atoms with E-state index in [0.29, 0.717) is 0 Å². The lowest BCUT2D eigenvalue weighted by molar-refractivity contribution is 0.669. The molecule has 0 spiro atoms. The van der Waals surface area contributed by atoms with E-state index in [1.54, 1.807) is 0 Å². The second-order valence-electron chi connectivity index (χ2n) is 11.7. The minimum absolute atomic E-state index is 0.894. The Kier molecular flexibility index (Phi) is 5.19. The molecule has 0 aliphatic carbocycles. The number of nitrogens with zero attached hydrogens (tertiary/aromatic N) is 1. The smallest absolute Gasteiger partial charge is 0.137 e. The number of hydrogen-bond acceptors (Lipinski definition) is 2. The zero-order valence-electron chi connectivity index (χ0n) is 24.2. The van der Waals surface area contributed by atoms with E-state index in [4.69, 9.17) is 4.42 Å². The van der Waals surface area contributed by atoms with E-state index >= 15 is 0 Å². The van der Waals surface area contributed by atoms with Gasteiger partial charge in [0.2, 0.25) is 0 Å². The first kappa shape index (κ1) is 24.8. The Morgan fingerprint density at radius 2 is 1.13 bits per heavy atom. The van der Waals surface area contributed by atoms with Gasteiger partial charge in [-0.25, -0.2) is 0 Å². The molecule has 0 saturated heterocycles. The average molecular weight is 592 g/mol. The zero-order chi connectivity index (χ0) is 29.5. The molecule has 0 fully saturated rings. The molecule has 0 aliphatic heterocycles. The van der Waals surface area contributed by atoms with E-state index in [2.05, 4.69) is 156 Å². The van der Waals surface area contributed by atoms with E-state index in [-0.39, 0.29) is 0 Å². The predicted octanol–water partition coefficient (Wildman–Crippen LogP) is 12.4. The van der Waals surface area contributed by atoms with Crippen molar-refractivity contribution in [1.82, 2.24) is 4.57 Å². The van der Waals surface area contributed by atoms with Crippen LogP contribution in [-0.4, -0.2) is 4.57 Å². The monoisotopic (exact) mass is 591 g/mol. The molecule has 2 nitrogen and oxygen atoms in total. The summed E-state index contributed by atoms with van der Waals surface area (Å²) in [6, 6.07) is 54.7. The van der Waals surface area contributed by atoms with E-state index < -0.39 is 0 Å². The van der Waals surface area contributed by atoms with Crippen LogP contribution in [0.4, 0.5) is 0 Å². The number of rotatable bonds is 3. The molecular weight excluding hydrogens is 567 g/mol. The minimum Gasteiger partial charge on any atom is -0.456 e.